The number of halogens is 1. The second-order valence-electron chi connectivity index (χ2n) is 4.12. The molecular formula is C12H20BrN3. The number of nitrogens with one attached hydrogen (secondary N) is 1. The molecule has 1 rings (SSSR count). The van der Waals surface area contributed by atoms with Crippen LogP contribution in [0.3, 0.4) is 0 Å². The SMILES string of the molecule is CCCCCCC(C)Nc1cc(Br)ncn1. The molecule has 1 aromatic rings. The second kappa shape index (κ2) is 7.60. The zero-order valence-corrected chi connectivity index (χ0v) is 11.6. The van der Waals surface area contributed by atoms with Gasteiger partial charge in [0.05, 0.1) is 0 Å². The molecule has 0 aromatic carbocycles. The van der Waals surface area contributed by atoms with Crippen LogP contribution in [0.5, 0.6) is 0 Å². The smallest absolute Gasteiger partial charge is 0.130 e. The number of anilines is 1. The van der Waals surface area contributed by atoms with Crippen LogP contribution in [0.25, 0.3) is 0 Å². The maximum Gasteiger partial charge on any atom is 0.130 e. The monoisotopic (exact) mass is 285 g/mol. The summed E-state index contributed by atoms with van der Waals surface area (Å²) in [6.07, 6.45) is 8.01. The van der Waals surface area contributed by atoms with Crippen LogP contribution in [0, 0.1) is 0 Å². The van der Waals surface area contributed by atoms with Crippen LogP contribution in [0.4, 0.5) is 5.82 Å². The van der Waals surface area contributed by atoms with Crippen molar-refractivity contribution in [1.82, 2.24) is 9.97 Å². The van der Waals surface area contributed by atoms with Crippen LogP contribution in [-0.2, 0) is 0 Å². The lowest BCUT2D eigenvalue weighted by Gasteiger charge is -2.14. The van der Waals surface area contributed by atoms with E-state index in [1.807, 2.05) is 6.07 Å². The minimum absolute atomic E-state index is 0.471. The summed E-state index contributed by atoms with van der Waals surface area (Å²) in [4.78, 5) is 8.17. The Morgan fingerprint density at radius 2 is 2.12 bits per heavy atom. The Morgan fingerprint density at radius 3 is 2.81 bits per heavy atom. The summed E-state index contributed by atoms with van der Waals surface area (Å²) in [6, 6.07) is 2.38. The van der Waals surface area contributed by atoms with Gasteiger partial charge in [0, 0.05) is 12.1 Å². The number of rotatable bonds is 7. The van der Waals surface area contributed by atoms with Crippen LogP contribution < -0.4 is 5.32 Å². The fourth-order valence-electron chi connectivity index (χ4n) is 1.61. The van der Waals surface area contributed by atoms with Crippen LogP contribution in [0.1, 0.15) is 46.0 Å². The van der Waals surface area contributed by atoms with Gasteiger partial charge in [-0.05, 0) is 29.3 Å². The average Bonchev–Trinajstić information content (AvgIpc) is 2.24. The third kappa shape index (κ3) is 5.45. The van der Waals surface area contributed by atoms with E-state index in [1.165, 1.54) is 32.1 Å². The van der Waals surface area contributed by atoms with Crippen molar-refractivity contribution >= 4 is 21.7 Å². The first-order valence-corrected chi connectivity index (χ1v) is 6.75. The number of hydrogen-bond donors (Lipinski definition) is 1. The normalized spacial score (nSPS) is 12.4. The highest BCUT2D eigenvalue weighted by Gasteiger charge is 2.03. The van der Waals surface area contributed by atoms with Gasteiger partial charge in [-0.1, -0.05) is 32.6 Å². The van der Waals surface area contributed by atoms with Crippen molar-refractivity contribution in [2.24, 2.45) is 0 Å². The molecule has 1 aromatic heterocycles. The summed E-state index contributed by atoms with van der Waals surface area (Å²) < 4.78 is 0.822. The molecule has 0 aliphatic heterocycles. The van der Waals surface area contributed by atoms with Gasteiger partial charge in [-0.2, -0.15) is 0 Å². The molecule has 1 N–H and O–H groups in total. The first-order valence-electron chi connectivity index (χ1n) is 5.96. The van der Waals surface area contributed by atoms with Crippen molar-refractivity contribution in [3.8, 4) is 0 Å². The lowest BCUT2D eigenvalue weighted by Crippen LogP contribution is -2.15. The zero-order valence-electron chi connectivity index (χ0n) is 10.0. The third-order valence-electron chi connectivity index (χ3n) is 2.52. The van der Waals surface area contributed by atoms with Gasteiger partial charge < -0.3 is 5.32 Å². The molecule has 1 heterocycles. The Kier molecular flexibility index (Phi) is 6.38. The fraction of sp³-hybridized carbons (Fsp3) is 0.667. The first kappa shape index (κ1) is 13.4. The minimum atomic E-state index is 0.471. The molecular weight excluding hydrogens is 266 g/mol. The number of aromatic nitrogens is 2. The number of unbranched alkanes of at least 4 members (excludes halogenated alkanes) is 3. The Labute approximate surface area is 106 Å². The van der Waals surface area contributed by atoms with Gasteiger partial charge in [0.2, 0.25) is 0 Å². The van der Waals surface area contributed by atoms with Gasteiger partial charge in [0.15, 0.2) is 0 Å². The highest BCUT2D eigenvalue weighted by molar-refractivity contribution is 9.10. The largest absolute Gasteiger partial charge is 0.367 e. The van der Waals surface area contributed by atoms with Crippen molar-refractivity contribution < 1.29 is 0 Å². The standard InChI is InChI=1S/C12H20BrN3/c1-3-4-5-6-7-10(2)16-12-8-11(13)14-9-15-12/h8-10H,3-7H2,1-2H3,(H,14,15,16). The van der Waals surface area contributed by atoms with Gasteiger partial charge in [0.1, 0.15) is 16.7 Å². The molecule has 0 saturated carbocycles. The fourth-order valence-corrected chi connectivity index (χ4v) is 1.92. The van der Waals surface area contributed by atoms with E-state index in [9.17, 15) is 0 Å². The van der Waals surface area contributed by atoms with Gasteiger partial charge in [-0.3, -0.25) is 0 Å². The molecule has 3 nitrogen and oxygen atoms in total. The predicted octanol–water partition coefficient (Wildman–Crippen LogP) is 4.01. The molecule has 0 amide bonds. The van der Waals surface area contributed by atoms with E-state index in [-0.39, 0.29) is 0 Å². The summed E-state index contributed by atoms with van der Waals surface area (Å²) >= 11 is 3.33. The summed E-state index contributed by atoms with van der Waals surface area (Å²) in [6.45, 7) is 4.43. The molecule has 0 aliphatic carbocycles. The highest BCUT2D eigenvalue weighted by Crippen LogP contribution is 2.13. The van der Waals surface area contributed by atoms with E-state index < -0.39 is 0 Å². The lowest BCUT2D eigenvalue weighted by atomic mass is 10.1. The van der Waals surface area contributed by atoms with Crippen LogP contribution in [0.2, 0.25) is 0 Å². The molecule has 1 atom stereocenters. The summed E-state index contributed by atoms with van der Waals surface area (Å²) in [5.41, 5.74) is 0. The first-order chi connectivity index (χ1) is 7.72. The second-order valence-corrected chi connectivity index (χ2v) is 4.93. The third-order valence-corrected chi connectivity index (χ3v) is 2.95. The molecule has 90 valence electrons. The zero-order chi connectivity index (χ0) is 11.8. The summed E-state index contributed by atoms with van der Waals surface area (Å²) in [5, 5.41) is 3.38. The van der Waals surface area contributed by atoms with Gasteiger partial charge in [0.25, 0.3) is 0 Å². The van der Waals surface area contributed by atoms with E-state index in [2.05, 4.69) is 45.1 Å². The van der Waals surface area contributed by atoms with E-state index in [1.54, 1.807) is 6.33 Å². The van der Waals surface area contributed by atoms with Crippen molar-refractivity contribution in [1.29, 1.82) is 0 Å². The van der Waals surface area contributed by atoms with Crippen molar-refractivity contribution in [2.75, 3.05) is 5.32 Å². The van der Waals surface area contributed by atoms with Crippen molar-refractivity contribution in [3.05, 3.63) is 17.0 Å². The van der Waals surface area contributed by atoms with Crippen LogP contribution in [0.15, 0.2) is 17.0 Å². The van der Waals surface area contributed by atoms with Crippen LogP contribution in [-0.4, -0.2) is 16.0 Å². The van der Waals surface area contributed by atoms with E-state index in [0.717, 1.165) is 10.4 Å². The van der Waals surface area contributed by atoms with E-state index in [0.29, 0.717) is 6.04 Å². The minimum Gasteiger partial charge on any atom is -0.367 e. The van der Waals surface area contributed by atoms with Gasteiger partial charge in [-0.25, -0.2) is 9.97 Å². The molecule has 0 radical (unpaired) electrons. The Hall–Kier alpha value is -0.640. The van der Waals surface area contributed by atoms with E-state index in [4.69, 9.17) is 0 Å². The van der Waals surface area contributed by atoms with Crippen LogP contribution >= 0.6 is 15.9 Å². The summed E-state index contributed by atoms with van der Waals surface area (Å²) in [5.74, 6) is 0.893. The lowest BCUT2D eigenvalue weighted by molar-refractivity contribution is 0.593. The Balaban J connectivity index is 2.25. The molecule has 4 heteroatoms. The molecule has 0 fully saturated rings. The van der Waals surface area contributed by atoms with Gasteiger partial charge in [-0.15, -0.1) is 0 Å². The molecule has 16 heavy (non-hydrogen) atoms. The molecule has 0 spiro atoms. The topological polar surface area (TPSA) is 37.8 Å². The quantitative estimate of drug-likeness (QED) is 0.608. The Morgan fingerprint density at radius 1 is 1.31 bits per heavy atom. The number of nitrogens with zero attached hydrogens (tertiary/aromatic N) is 2. The molecule has 1 unspecified atom stereocenters. The number of hydrogen-bond acceptors (Lipinski definition) is 3. The maximum absolute atomic E-state index is 4.17. The summed E-state index contributed by atoms with van der Waals surface area (Å²) in [7, 11) is 0. The molecule has 0 saturated heterocycles. The average molecular weight is 286 g/mol. The predicted molar refractivity (Wildman–Crippen MR) is 71.6 cm³/mol. The highest BCUT2D eigenvalue weighted by atomic mass is 79.9. The van der Waals surface area contributed by atoms with Gasteiger partial charge >= 0.3 is 0 Å². The Bertz CT molecular complexity index is 304. The maximum atomic E-state index is 4.17. The van der Waals surface area contributed by atoms with E-state index >= 15 is 0 Å². The molecule has 0 aliphatic rings. The van der Waals surface area contributed by atoms with Crippen molar-refractivity contribution in [3.63, 3.8) is 0 Å². The van der Waals surface area contributed by atoms with Crippen molar-refractivity contribution in [2.45, 2.75) is 52.0 Å². The molecule has 0 bridgehead atoms.